The van der Waals surface area contributed by atoms with Crippen molar-refractivity contribution in [2.45, 2.75) is 25.8 Å². The number of benzene rings is 1. The minimum absolute atomic E-state index is 0. The molecule has 1 aliphatic heterocycles. The topological polar surface area (TPSA) is 106 Å². The van der Waals surface area contributed by atoms with Crippen LogP contribution in [-0.2, 0) is 9.53 Å². The van der Waals surface area contributed by atoms with E-state index in [1.807, 2.05) is 13.0 Å². The van der Waals surface area contributed by atoms with E-state index in [0.717, 1.165) is 18.4 Å². The molecular formula is C20H26Cl2N4O3. The maximum atomic E-state index is 12.5. The van der Waals surface area contributed by atoms with Crippen LogP contribution >= 0.6 is 24.8 Å². The molecular weight excluding hydrogens is 415 g/mol. The fourth-order valence-corrected chi connectivity index (χ4v) is 3.05. The van der Waals surface area contributed by atoms with Crippen molar-refractivity contribution >= 4 is 48.0 Å². The number of nitrogens with zero attached hydrogens (tertiary/aromatic N) is 1. The van der Waals surface area contributed by atoms with Gasteiger partial charge in [-0.05, 0) is 55.5 Å². The number of rotatable bonds is 5. The van der Waals surface area contributed by atoms with Crippen molar-refractivity contribution in [1.82, 2.24) is 4.98 Å². The Kier molecular flexibility index (Phi) is 10.0. The molecule has 0 radical (unpaired) electrons. The summed E-state index contributed by atoms with van der Waals surface area (Å²) in [6.45, 7) is 3.17. The van der Waals surface area contributed by atoms with Gasteiger partial charge in [-0.25, -0.2) is 0 Å². The van der Waals surface area contributed by atoms with Crippen LogP contribution in [0.5, 0.6) is 0 Å². The fourth-order valence-electron chi connectivity index (χ4n) is 3.05. The number of nitrogens with one attached hydrogen (secondary N) is 2. The number of nitrogens with two attached hydrogens (primary N) is 1. The molecule has 0 aliphatic carbocycles. The van der Waals surface area contributed by atoms with E-state index < -0.39 is 6.04 Å². The van der Waals surface area contributed by atoms with Gasteiger partial charge >= 0.3 is 0 Å². The number of carbonyl (C=O) groups excluding carboxylic acids is 2. The molecule has 1 unspecified atom stereocenters. The minimum Gasteiger partial charge on any atom is -0.381 e. The molecule has 1 atom stereocenters. The quantitative estimate of drug-likeness (QED) is 0.661. The predicted molar refractivity (Wildman–Crippen MR) is 118 cm³/mol. The summed E-state index contributed by atoms with van der Waals surface area (Å²) in [5, 5.41) is 5.72. The molecule has 4 N–H and O–H groups in total. The number of pyridine rings is 1. The third-order valence-corrected chi connectivity index (χ3v) is 4.77. The number of aromatic nitrogens is 1. The largest absolute Gasteiger partial charge is 0.381 e. The smallest absolute Gasteiger partial charge is 0.255 e. The van der Waals surface area contributed by atoms with Crippen molar-refractivity contribution in [1.29, 1.82) is 0 Å². The van der Waals surface area contributed by atoms with Crippen LogP contribution in [0.4, 0.5) is 11.4 Å². The average molecular weight is 441 g/mol. The Hall–Kier alpha value is -2.19. The molecule has 158 valence electrons. The van der Waals surface area contributed by atoms with E-state index in [4.69, 9.17) is 10.5 Å². The molecule has 29 heavy (non-hydrogen) atoms. The van der Waals surface area contributed by atoms with Gasteiger partial charge in [0.25, 0.3) is 5.91 Å². The van der Waals surface area contributed by atoms with Gasteiger partial charge in [0.15, 0.2) is 0 Å². The Morgan fingerprint density at radius 2 is 1.76 bits per heavy atom. The lowest BCUT2D eigenvalue weighted by atomic mass is 9.92. The first kappa shape index (κ1) is 24.8. The minimum atomic E-state index is -0.579. The summed E-state index contributed by atoms with van der Waals surface area (Å²) in [7, 11) is 0. The number of hydrogen-bond acceptors (Lipinski definition) is 5. The molecule has 0 saturated carbocycles. The van der Waals surface area contributed by atoms with E-state index in [2.05, 4.69) is 15.6 Å². The number of amides is 2. The van der Waals surface area contributed by atoms with Crippen LogP contribution in [0.15, 0.2) is 42.7 Å². The Labute approximate surface area is 182 Å². The summed E-state index contributed by atoms with van der Waals surface area (Å²) in [5.74, 6) is -0.338. The molecule has 0 spiro atoms. The molecule has 7 nitrogen and oxygen atoms in total. The van der Waals surface area contributed by atoms with Gasteiger partial charge in [0, 0.05) is 42.5 Å². The number of hydrogen-bond donors (Lipinski definition) is 3. The third kappa shape index (κ3) is 6.68. The van der Waals surface area contributed by atoms with Gasteiger partial charge in [-0.3, -0.25) is 14.6 Å². The molecule has 2 amide bonds. The van der Waals surface area contributed by atoms with Crippen molar-refractivity contribution in [2.75, 3.05) is 23.8 Å². The van der Waals surface area contributed by atoms with E-state index in [0.29, 0.717) is 30.2 Å². The van der Waals surface area contributed by atoms with Crippen molar-refractivity contribution in [2.24, 2.45) is 11.7 Å². The maximum Gasteiger partial charge on any atom is 0.255 e. The van der Waals surface area contributed by atoms with Gasteiger partial charge in [-0.2, -0.15) is 0 Å². The standard InChI is InChI=1S/C20H24N4O3.2ClH/c1-13-2-3-16(23-20(26)18(21)14-6-10-27-11-7-14)12-17(13)24-19(25)15-4-8-22-9-5-15;;/h2-5,8-9,12,14,18H,6-7,10-11,21H2,1H3,(H,23,26)(H,24,25);2*1H. The van der Waals surface area contributed by atoms with Gasteiger partial charge < -0.3 is 21.1 Å². The van der Waals surface area contributed by atoms with Crippen molar-refractivity contribution in [3.8, 4) is 0 Å². The van der Waals surface area contributed by atoms with E-state index in [-0.39, 0.29) is 42.5 Å². The zero-order chi connectivity index (χ0) is 19.2. The van der Waals surface area contributed by atoms with E-state index >= 15 is 0 Å². The molecule has 2 aromatic rings. The molecule has 1 fully saturated rings. The summed E-state index contributed by atoms with van der Waals surface area (Å²) in [4.78, 5) is 28.7. The van der Waals surface area contributed by atoms with Crippen LogP contribution < -0.4 is 16.4 Å². The van der Waals surface area contributed by atoms with Gasteiger partial charge in [0.1, 0.15) is 0 Å². The highest BCUT2D eigenvalue weighted by atomic mass is 35.5. The zero-order valence-electron chi connectivity index (χ0n) is 16.1. The average Bonchev–Trinajstić information content (AvgIpc) is 2.71. The molecule has 2 heterocycles. The first-order valence-electron chi connectivity index (χ1n) is 9.01. The van der Waals surface area contributed by atoms with E-state index in [1.54, 1.807) is 36.7 Å². The fraction of sp³-hybridized carbons (Fsp3) is 0.350. The highest BCUT2D eigenvalue weighted by Crippen LogP contribution is 2.23. The molecule has 1 aromatic carbocycles. The Morgan fingerprint density at radius 3 is 2.41 bits per heavy atom. The predicted octanol–water partition coefficient (Wildman–Crippen LogP) is 3.18. The van der Waals surface area contributed by atoms with Gasteiger partial charge in [-0.15, -0.1) is 24.8 Å². The third-order valence-electron chi connectivity index (χ3n) is 4.77. The van der Waals surface area contributed by atoms with Crippen LogP contribution in [0.1, 0.15) is 28.8 Å². The van der Waals surface area contributed by atoms with Crippen LogP contribution in [0, 0.1) is 12.8 Å². The second-order valence-electron chi connectivity index (χ2n) is 6.68. The maximum absolute atomic E-state index is 12.5. The lowest BCUT2D eigenvalue weighted by molar-refractivity contribution is -0.119. The molecule has 1 saturated heterocycles. The van der Waals surface area contributed by atoms with Crippen molar-refractivity contribution < 1.29 is 14.3 Å². The summed E-state index contributed by atoms with van der Waals surface area (Å²) < 4.78 is 5.32. The first-order valence-corrected chi connectivity index (χ1v) is 9.01. The van der Waals surface area contributed by atoms with Crippen LogP contribution in [-0.4, -0.2) is 36.1 Å². The Balaban J connectivity index is 0.00000210. The lowest BCUT2D eigenvalue weighted by Gasteiger charge is -2.26. The summed E-state index contributed by atoms with van der Waals surface area (Å²) >= 11 is 0. The van der Waals surface area contributed by atoms with E-state index in [9.17, 15) is 9.59 Å². The zero-order valence-corrected chi connectivity index (χ0v) is 17.7. The first-order chi connectivity index (χ1) is 13.0. The molecule has 0 bridgehead atoms. The highest BCUT2D eigenvalue weighted by Gasteiger charge is 2.26. The SMILES string of the molecule is Cc1ccc(NC(=O)C(N)C2CCOCC2)cc1NC(=O)c1ccncc1.Cl.Cl. The number of carbonyl (C=O) groups is 2. The summed E-state index contributed by atoms with van der Waals surface area (Å²) in [6, 6.07) is 8.09. The van der Waals surface area contributed by atoms with E-state index in [1.165, 1.54) is 0 Å². The van der Waals surface area contributed by atoms with Crippen molar-refractivity contribution in [3.05, 3.63) is 53.9 Å². The molecule has 3 rings (SSSR count). The normalized spacial score (nSPS) is 14.7. The van der Waals surface area contributed by atoms with Gasteiger partial charge in [0.05, 0.1) is 6.04 Å². The van der Waals surface area contributed by atoms with Crippen LogP contribution in [0.25, 0.3) is 0 Å². The molecule has 9 heteroatoms. The number of aryl methyl sites for hydroxylation is 1. The van der Waals surface area contributed by atoms with Crippen LogP contribution in [0.2, 0.25) is 0 Å². The number of halogens is 2. The Morgan fingerprint density at radius 1 is 1.10 bits per heavy atom. The number of anilines is 2. The summed E-state index contributed by atoms with van der Waals surface area (Å²) in [6.07, 6.45) is 4.71. The second-order valence-corrected chi connectivity index (χ2v) is 6.68. The van der Waals surface area contributed by atoms with Crippen LogP contribution in [0.3, 0.4) is 0 Å². The highest BCUT2D eigenvalue weighted by molar-refractivity contribution is 6.05. The van der Waals surface area contributed by atoms with Crippen molar-refractivity contribution in [3.63, 3.8) is 0 Å². The second kappa shape index (κ2) is 11.7. The van der Waals surface area contributed by atoms with Gasteiger partial charge in [-0.1, -0.05) is 6.07 Å². The summed E-state index contributed by atoms with van der Waals surface area (Å²) in [5.41, 5.74) is 8.76. The number of ether oxygens (including phenoxy) is 1. The molecule has 1 aliphatic rings. The molecule has 1 aromatic heterocycles. The monoisotopic (exact) mass is 440 g/mol. The Bertz CT molecular complexity index is 815. The van der Waals surface area contributed by atoms with Gasteiger partial charge in [0.2, 0.25) is 5.91 Å². The lowest BCUT2D eigenvalue weighted by Crippen LogP contribution is -2.44.